The van der Waals surface area contributed by atoms with Crippen LogP contribution in [-0.4, -0.2) is 19.4 Å². The van der Waals surface area contributed by atoms with Crippen LogP contribution in [-0.2, 0) is 4.74 Å². The summed E-state index contributed by atoms with van der Waals surface area (Å²) in [5.41, 5.74) is 7.92. The number of nitrogens with two attached hydrogens (primary N) is 1. The molecule has 0 aromatic heterocycles. The fourth-order valence-electron chi connectivity index (χ4n) is 1.58. The highest BCUT2D eigenvalue weighted by atomic mass is 19.4. The van der Waals surface area contributed by atoms with Crippen LogP contribution >= 0.6 is 0 Å². The normalized spacial score (nSPS) is 13.6. The lowest BCUT2D eigenvalue weighted by Gasteiger charge is -2.13. The average Bonchev–Trinajstić information content (AvgIpc) is 2.26. The third-order valence-corrected chi connectivity index (χ3v) is 2.52. The van der Waals surface area contributed by atoms with Gasteiger partial charge in [0, 0.05) is 13.0 Å². The van der Waals surface area contributed by atoms with Gasteiger partial charge in [-0.25, -0.2) is 0 Å². The van der Waals surface area contributed by atoms with Crippen molar-refractivity contribution in [1.82, 2.24) is 0 Å². The first-order valence-corrected chi connectivity index (χ1v) is 5.85. The van der Waals surface area contributed by atoms with Crippen LogP contribution in [0.4, 0.5) is 13.2 Å². The Morgan fingerprint density at radius 1 is 1.33 bits per heavy atom. The standard InChI is InChI=1S/C13H18F3NO/c1-10-4-2-5-11(8-10)12(17)9-18-7-3-6-13(14,15)16/h2,4-5,8,12H,3,6-7,9,17H2,1H3. The van der Waals surface area contributed by atoms with Crippen molar-refractivity contribution in [3.05, 3.63) is 35.4 Å². The minimum atomic E-state index is -4.11. The van der Waals surface area contributed by atoms with E-state index in [0.29, 0.717) is 0 Å². The zero-order chi connectivity index (χ0) is 13.6. The van der Waals surface area contributed by atoms with E-state index in [1.165, 1.54) is 0 Å². The SMILES string of the molecule is Cc1cccc(C(N)COCCCC(F)(F)F)c1. The molecule has 0 spiro atoms. The Hall–Kier alpha value is -1.07. The molecule has 1 atom stereocenters. The second-order valence-electron chi connectivity index (χ2n) is 4.31. The van der Waals surface area contributed by atoms with E-state index < -0.39 is 12.6 Å². The summed E-state index contributed by atoms with van der Waals surface area (Å²) in [6.07, 6.45) is -4.95. The van der Waals surface area contributed by atoms with Crippen LogP contribution in [0.3, 0.4) is 0 Å². The summed E-state index contributed by atoms with van der Waals surface area (Å²) in [5, 5.41) is 0. The predicted molar refractivity (Wildman–Crippen MR) is 64.2 cm³/mol. The highest BCUT2D eigenvalue weighted by Crippen LogP contribution is 2.21. The average molecular weight is 261 g/mol. The van der Waals surface area contributed by atoms with E-state index in [1.54, 1.807) is 0 Å². The minimum absolute atomic E-state index is 0.0238. The molecule has 0 fully saturated rings. The van der Waals surface area contributed by atoms with E-state index >= 15 is 0 Å². The van der Waals surface area contributed by atoms with Crippen molar-refractivity contribution in [2.75, 3.05) is 13.2 Å². The Morgan fingerprint density at radius 3 is 2.67 bits per heavy atom. The summed E-state index contributed by atoms with van der Waals surface area (Å²) < 4.78 is 40.8. The highest BCUT2D eigenvalue weighted by molar-refractivity contribution is 5.24. The number of aryl methyl sites for hydroxylation is 1. The van der Waals surface area contributed by atoms with Gasteiger partial charge in [0.1, 0.15) is 0 Å². The molecular weight excluding hydrogens is 243 g/mol. The van der Waals surface area contributed by atoms with Gasteiger partial charge < -0.3 is 10.5 Å². The lowest BCUT2D eigenvalue weighted by Crippen LogP contribution is -2.18. The summed E-state index contributed by atoms with van der Waals surface area (Å²) in [4.78, 5) is 0. The van der Waals surface area contributed by atoms with Gasteiger partial charge in [0.05, 0.1) is 12.6 Å². The number of ether oxygens (including phenoxy) is 1. The topological polar surface area (TPSA) is 35.2 Å². The monoisotopic (exact) mass is 261 g/mol. The smallest absolute Gasteiger partial charge is 0.379 e. The van der Waals surface area contributed by atoms with Gasteiger partial charge in [0.25, 0.3) is 0 Å². The highest BCUT2D eigenvalue weighted by Gasteiger charge is 2.25. The Morgan fingerprint density at radius 2 is 2.06 bits per heavy atom. The predicted octanol–water partition coefficient (Wildman–Crippen LogP) is 3.35. The quantitative estimate of drug-likeness (QED) is 0.797. The van der Waals surface area contributed by atoms with Crippen molar-refractivity contribution in [2.24, 2.45) is 5.73 Å². The van der Waals surface area contributed by atoms with Gasteiger partial charge in [-0.3, -0.25) is 0 Å². The lowest BCUT2D eigenvalue weighted by molar-refractivity contribution is -0.137. The van der Waals surface area contributed by atoms with Gasteiger partial charge in [-0.1, -0.05) is 29.8 Å². The Balaban J connectivity index is 2.23. The molecule has 102 valence electrons. The number of hydrogen-bond donors (Lipinski definition) is 1. The molecule has 5 heteroatoms. The van der Waals surface area contributed by atoms with Crippen LogP contribution < -0.4 is 5.73 Å². The molecule has 1 aromatic carbocycles. The van der Waals surface area contributed by atoms with Gasteiger partial charge in [-0.05, 0) is 18.9 Å². The molecule has 0 aliphatic carbocycles. The molecule has 0 amide bonds. The van der Waals surface area contributed by atoms with Crippen LogP contribution in [0.15, 0.2) is 24.3 Å². The third-order valence-electron chi connectivity index (χ3n) is 2.52. The van der Waals surface area contributed by atoms with Crippen molar-refractivity contribution in [2.45, 2.75) is 32.0 Å². The fourth-order valence-corrected chi connectivity index (χ4v) is 1.58. The van der Waals surface area contributed by atoms with Crippen molar-refractivity contribution in [3.63, 3.8) is 0 Å². The summed E-state index contributed by atoms with van der Waals surface area (Å²) in [7, 11) is 0. The molecule has 0 saturated heterocycles. The Kier molecular flexibility index (Phi) is 5.62. The van der Waals surface area contributed by atoms with Gasteiger partial charge >= 0.3 is 6.18 Å². The molecule has 1 unspecified atom stereocenters. The fraction of sp³-hybridized carbons (Fsp3) is 0.538. The molecule has 2 nitrogen and oxygen atoms in total. The minimum Gasteiger partial charge on any atom is -0.379 e. The molecule has 0 bridgehead atoms. The van der Waals surface area contributed by atoms with Gasteiger partial charge in [0.2, 0.25) is 0 Å². The van der Waals surface area contributed by atoms with Gasteiger partial charge in [-0.15, -0.1) is 0 Å². The third kappa shape index (κ3) is 6.02. The van der Waals surface area contributed by atoms with Gasteiger partial charge in [-0.2, -0.15) is 13.2 Å². The molecule has 2 N–H and O–H groups in total. The van der Waals surface area contributed by atoms with Crippen molar-refractivity contribution in [3.8, 4) is 0 Å². The number of halogens is 3. The lowest BCUT2D eigenvalue weighted by atomic mass is 10.1. The molecule has 18 heavy (non-hydrogen) atoms. The molecule has 0 saturated carbocycles. The second kappa shape index (κ2) is 6.75. The van der Waals surface area contributed by atoms with E-state index in [2.05, 4.69) is 0 Å². The van der Waals surface area contributed by atoms with E-state index in [1.807, 2.05) is 31.2 Å². The summed E-state index contributed by atoms with van der Waals surface area (Å²) >= 11 is 0. The van der Waals surface area contributed by atoms with Crippen LogP contribution in [0.25, 0.3) is 0 Å². The van der Waals surface area contributed by atoms with Crippen LogP contribution in [0, 0.1) is 6.92 Å². The van der Waals surface area contributed by atoms with E-state index in [9.17, 15) is 13.2 Å². The first-order chi connectivity index (χ1) is 8.38. The maximum atomic E-state index is 11.9. The molecule has 0 radical (unpaired) electrons. The van der Waals surface area contributed by atoms with Crippen molar-refractivity contribution >= 4 is 0 Å². The van der Waals surface area contributed by atoms with E-state index in [0.717, 1.165) is 11.1 Å². The number of alkyl halides is 3. The van der Waals surface area contributed by atoms with Crippen LogP contribution in [0.5, 0.6) is 0 Å². The zero-order valence-electron chi connectivity index (χ0n) is 10.3. The second-order valence-corrected chi connectivity index (χ2v) is 4.31. The first kappa shape index (κ1) is 15.0. The summed E-state index contributed by atoms with van der Waals surface area (Å²) in [6, 6.07) is 7.39. The van der Waals surface area contributed by atoms with Crippen molar-refractivity contribution < 1.29 is 17.9 Å². The maximum Gasteiger partial charge on any atom is 0.389 e. The number of benzene rings is 1. The van der Waals surface area contributed by atoms with E-state index in [4.69, 9.17) is 10.5 Å². The van der Waals surface area contributed by atoms with Crippen LogP contribution in [0.1, 0.15) is 30.0 Å². The van der Waals surface area contributed by atoms with Crippen LogP contribution in [0.2, 0.25) is 0 Å². The zero-order valence-corrected chi connectivity index (χ0v) is 10.3. The molecule has 0 aliphatic rings. The molecule has 1 rings (SSSR count). The number of rotatable bonds is 6. The number of hydrogen-bond acceptors (Lipinski definition) is 2. The largest absolute Gasteiger partial charge is 0.389 e. The molecule has 0 heterocycles. The first-order valence-electron chi connectivity index (χ1n) is 5.85. The summed E-state index contributed by atoms with van der Waals surface area (Å²) in [5.74, 6) is 0. The summed E-state index contributed by atoms with van der Waals surface area (Å²) in [6.45, 7) is 2.28. The Labute approximate surface area is 105 Å². The molecule has 1 aromatic rings. The van der Waals surface area contributed by atoms with Crippen molar-refractivity contribution in [1.29, 1.82) is 0 Å². The molecule has 0 aliphatic heterocycles. The molecular formula is C13H18F3NO. The maximum absolute atomic E-state index is 11.9. The van der Waals surface area contributed by atoms with Gasteiger partial charge in [0.15, 0.2) is 0 Å². The Bertz CT molecular complexity index is 365. The van der Waals surface area contributed by atoms with E-state index in [-0.39, 0.29) is 25.7 Å².